The molecular formula is C16H12BrFN4S. The fourth-order valence-corrected chi connectivity index (χ4v) is 2.58. The van der Waals surface area contributed by atoms with Crippen LogP contribution in [0.5, 0.6) is 0 Å². The minimum absolute atomic E-state index is 0.340. The van der Waals surface area contributed by atoms with E-state index in [9.17, 15) is 4.39 Å². The van der Waals surface area contributed by atoms with Gasteiger partial charge in [-0.25, -0.2) is 9.49 Å². The molecule has 0 saturated carbocycles. The number of aromatic nitrogens is 3. The summed E-state index contributed by atoms with van der Waals surface area (Å²) in [5.41, 5.74) is 2.38. The topological polar surface area (TPSA) is 46.0 Å². The third-order valence-electron chi connectivity index (χ3n) is 3.23. The first-order valence-electron chi connectivity index (χ1n) is 6.78. The summed E-state index contributed by atoms with van der Waals surface area (Å²) in [5.74, 6) is 0.213. The van der Waals surface area contributed by atoms with Gasteiger partial charge >= 0.3 is 0 Å². The lowest BCUT2D eigenvalue weighted by Gasteiger charge is -2.02. The van der Waals surface area contributed by atoms with Crippen LogP contribution in [0.15, 0.2) is 52.0 Å². The molecule has 3 aromatic rings. The van der Waals surface area contributed by atoms with Crippen LogP contribution in [-0.4, -0.2) is 21.1 Å². The van der Waals surface area contributed by atoms with Gasteiger partial charge in [-0.2, -0.15) is 14.9 Å². The summed E-state index contributed by atoms with van der Waals surface area (Å²) in [6.45, 7) is 2.01. The molecular weight excluding hydrogens is 379 g/mol. The molecule has 7 heteroatoms. The van der Waals surface area contributed by atoms with Gasteiger partial charge in [0.2, 0.25) is 4.77 Å². The molecule has 0 radical (unpaired) electrons. The first-order chi connectivity index (χ1) is 11.0. The van der Waals surface area contributed by atoms with E-state index in [0.29, 0.717) is 16.2 Å². The highest BCUT2D eigenvalue weighted by atomic mass is 79.9. The highest BCUT2D eigenvalue weighted by Crippen LogP contribution is 2.18. The second kappa shape index (κ2) is 6.55. The van der Waals surface area contributed by atoms with E-state index in [1.807, 2.05) is 31.2 Å². The molecule has 0 aliphatic carbocycles. The van der Waals surface area contributed by atoms with Crippen molar-refractivity contribution < 1.29 is 4.39 Å². The van der Waals surface area contributed by atoms with Gasteiger partial charge in [0.25, 0.3) is 0 Å². The number of nitrogens with zero attached hydrogens (tertiary/aromatic N) is 3. The van der Waals surface area contributed by atoms with Gasteiger partial charge in [-0.1, -0.05) is 45.8 Å². The lowest BCUT2D eigenvalue weighted by Crippen LogP contribution is -1.96. The fourth-order valence-electron chi connectivity index (χ4n) is 2.02. The van der Waals surface area contributed by atoms with Crippen molar-refractivity contribution in [1.29, 1.82) is 0 Å². The number of hydrogen-bond donors (Lipinski definition) is 1. The average Bonchev–Trinajstić information content (AvgIpc) is 2.90. The molecule has 116 valence electrons. The summed E-state index contributed by atoms with van der Waals surface area (Å²) >= 11 is 8.51. The average molecular weight is 391 g/mol. The van der Waals surface area contributed by atoms with E-state index < -0.39 is 0 Å². The highest BCUT2D eigenvalue weighted by Gasteiger charge is 2.08. The Hall–Kier alpha value is -2.12. The molecule has 0 saturated heterocycles. The maximum atomic E-state index is 13.8. The first-order valence-corrected chi connectivity index (χ1v) is 7.98. The number of nitrogens with one attached hydrogen (secondary N) is 1. The monoisotopic (exact) mass is 390 g/mol. The standard InChI is InChI=1S/C16H12BrFN4S/c1-10-2-4-11(5-3-10)15-20-21-16(23)22(15)19-9-12-8-13(17)6-7-14(12)18/h2-9H,1H3,(H,21,23)/b19-9+. The summed E-state index contributed by atoms with van der Waals surface area (Å²) in [6, 6.07) is 12.5. The van der Waals surface area contributed by atoms with Crippen LogP contribution in [0.1, 0.15) is 11.1 Å². The van der Waals surface area contributed by atoms with Gasteiger partial charge in [-0.05, 0) is 37.3 Å². The lowest BCUT2D eigenvalue weighted by atomic mass is 10.1. The molecule has 2 aromatic carbocycles. The number of benzene rings is 2. The summed E-state index contributed by atoms with van der Waals surface area (Å²) in [4.78, 5) is 0. The molecule has 0 atom stereocenters. The van der Waals surface area contributed by atoms with Crippen molar-refractivity contribution in [2.75, 3.05) is 0 Å². The van der Waals surface area contributed by atoms with Gasteiger partial charge < -0.3 is 0 Å². The Morgan fingerprint density at radius 3 is 2.74 bits per heavy atom. The van der Waals surface area contributed by atoms with Crippen LogP contribution in [0.3, 0.4) is 0 Å². The maximum Gasteiger partial charge on any atom is 0.216 e. The van der Waals surface area contributed by atoms with Gasteiger partial charge in [0.05, 0.1) is 6.21 Å². The highest BCUT2D eigenvalue weighted by molar-refractivity contribution is 9.10. The summed E-state index contributed by atoms with van der Waals surface area (Å²) in [5, 5.41) is 11.2. The molecule has 0 aliphatic heterocycles. The largest absolute Gasteiger partial charge is 0.250 e. The summed E-state index contributed by atoms with van der Waals surface area (Å²) in [6.07, 6.45) is 1.42. The molecule has 0 bridgehead atoms. The van der Waals surface area contributed by atoms with Crippen LogP contribution in [0.25, 0.3) is 11.4 Å². The molecule has 0 spiro atoms. The molecule has 1 N–H and O–H groups in total. The van der Waals surface area contributed by atoms with E-state index in [-0.39, 0.29) is 5.82 Å². The predicted molar refractivity (Wildman–Crippen MR) is 94.7 cm³/mol. The molecule has 0 amide bonds. The number of aromatic amines is 1. The maximum absolute atomic E-state index is 13.8. The lowest BCUT2D eigenvalue weighted by molar-refractivity contribution is 0.625. The smallest absolute Gasteiger partial charge is 0.216 e. The second-order valence-corrected chi connectivity index (χ2v) is 6.24. The fraction of sp³-hybridized carbons (Fsp3) is 0.0625. The Morgan fingerprint density at radius 1 is 1.26 bits per heavy atom. The SMILES string of the molecule is Cc1ccc(-c2n[nH]c(=S)n2/N=C/c2cc(Br)ccc2F)cc1. The van der Waals surface area contributed by atoms with Crippen molar-refractivity contribution in [3.8, 4) is 11.4 Å². The normalized spacial score (nSPS) is 11.3. The first kappa shape index (κ1) is 15.8. The zero-order valence-corrected chi connectivity index (χ0v) is 14.5. The Labute approximate surface area is 145 Å². The van der Waals surface area contributed by atoms with Gasteiger partial charge in [-0.3, -0.25) is 0 Å². The predicted octanol–water partition coefficient (Wildman–Crippen LogP) is 4.70. The van der Waals surface area contributed by atoms with Crippen LogP contribution < -0.4 is 0 Å². The van der Waals surface area contributed by atoms with Crippen LogP contribution in [0, 0.1) is 17.5 Å². The minimum Gasteiger partial charge on any atom is -0.250 e. The van der Waals surface area contributed by atoms with Crippen molar-refractivity contribution in [2.24, 2.45) is 5.10 Å². The van der Waals surface area contributed by atoms with E-state index in [4.69, 9.17) is 12.2 Å². The summed E-state index contributed by atoms with van der Waals surface area (Å²) < 4.78 is 16.4. The third kappa shape index (κ3) is 3.46. The molecule has 0 aliphatic rings. The van der Waals surface area contributed by atoms with Crippen LogP contribution in [0.2, 0.25) is 0 Å². The van der Waals surface area contributed by atoms with Crippen LogP contribution in [-0.2, 0) is 0 Å². The van der Waals surface area contributed by atoms with Crippen molar-refractivity contribution in [3.63, 3.8) is 0 Å². The Morgan fingerprint density at radius 2 is 2.00 bits per heavy atom. The minimum atomic E-state index is -0.358. The van der Waals surface area contributed by atoms with E-state index >= 15 is 0 Å². The Kier molecular flexibility index (Phi) is 4.49. The van der Waals surface area contributed by atoms with Gasteiger partial charge in [0.15, 0.2) is 5.82 Å². The molecule has 23 heavy (non-hydrogen) atoms. The molecule has 4 nitrogen and oxygen atoms in total. The van der Waals surface area contributed by atoms with Crippen molar-refractivity contribution in [2.45, 2.75) is 6.92 Å². The molecule has 0 unspecified atom stereocenters. The third-order valence-corrected chi connectivity index (χ3v) is 3.99. The van der Waals surface area contributed by atoms with Crippen LogP contribution >= 0.6 is 28.1 Å². The Bertz CT molecular complexity index is 928. The van der Waals surface area contributed by atoms with E-state index in [2.05, 4.69) is 31.2 Å². The van der Waals surface area contributed by atoms with Gasteiger partial charge in [-0.15, -0.1) is 0 Å². The van der Waals surface area contributed by atoms with Gasteiger partial charge in [0, 0.05) is 15.6 Å². The van der Waals surface area contributed by atoms with E-state index in [1.165, 1.54) is 17.0 Å². The zero-order chi connectivity index (χ0) is 16.4. The number of hydrogen-bond acceptors (Lipinski definition) is 3. The van der Waals surface area contributed by atoms with Crippen molar-refractivity contribution >= 4 is 34.4 Å². The molecule has 0 fully saturated rings. The quantitative estimate of drug-likeness (QED) is 0.520. The van der Waals surface area contributed by atoms with Gasteiger partial charge in [0.1, 0.15) is 5.82 Å². The summed E-state index contributed by atoms with van der Waals surface area (Å²) in [7, 11) is 0. The van der Waals surface area contributed by atoms with E-state index in [0.717, 1.165) is 15.6 Å². The zero-order valence-electron chi connectivity index (χ0n) is 12.1. The number of aryl methyl sites for hydroxylation is 1. The van der Waals surface area contributed by atoms with Crippen molar-refractivity contribution in [1.82, 2.24) is 14.9 Å². The number of rotatable bonds is 3. The number of halogens is 2. The molecule has 1 heterocycles. The number of H-pyrrole nitrogens is 1. The molecule has 1 aromatic heterocycles. The van der Waals surface area contributed by atoms with E-state index in [1.54, 1.807) is 12.1 Å². The molecule has 3 rings (SSSR count). The Balaban J connectivity index is 2.02. The van der Waals surface area contributed by atoms with Crippen molar-refractivity contribution in [3.05, 3.63) is 68.7 Å². The second-order valence-electron chi connectivity index (χ2n) is 4.94. The van der Waals surface area contributed by atoms with Crippen LogP contribution in [0.4, 0.5) is 4.39 Å².